The van der Waals surface area contributed by atoms with Gasteiger partial charge in [0.2, 0.25) is 0 Å². The van der Waals surface area contributed by atoms with E-state index in [1.165, 1.54) is 16.7 Å². The number of aromatic nitrogens is 2. The number of sulfonamides is 1. The van der Waals surface area contributed by atoms with Gasteiger partial charge in [-0.2, -0.15) is 0 Å². The molecule has 0 atom stereocenters. The van der Waals surface area contributed by atoms with Crippen LogP contribution in [0.25, 0.3) is 27.5 Å². The molecule has 2 N–H and O–H groups in total. The zero-order chi connectivity index (χ0) is 23.2. The molecule has 5 rings (SSSR count). The molecule has 2 heterocycles. The Morgan fingerprint density at radius 3 is 2.39 bits per heavy atom. The van der Waals surface area contributed by atoms with E-state index in [4.69, 9.17) is 0 Å². The summed E-state index contributed by atoms with van der Waals surface area (Å²) in [6, 6.07) is 19.0. The maximum atomic E-state index is 13.1. The Kier molecular flexibility index (Phi) is 4.83. The number of carbonyl (C=O) groups excluding carboxylic acids is 1. The van der Waals surface area contributed by atoms with Crippen molar-refractivity contribution in [3.05, 3.63) is 107 Å². The van der Waals surface area contributed by atoms with E-state index in [1.807, 2.05) is 47.2 Å². The van der Waals surface area contributed by atoms with Crippen molar-refractivity contribution >= 4 is 32.2 Å². The Labute approximate surface area is 187 Å². The molecule has 0 aliphatic carbocycles. The van der Waals surface area contributed by atoms with E-state index in [0.717, 1.165) is 40.6 Å². The monoisotopic (exact) mass is 461 g/mol. The second kappa shape index (κ2) is 7.72. The van der Waals surface area contributed by atoms with Crippen LogP contribution in [0.15, 0.2) is 94.9 Å². The molecule has 9 heteroatoms. The van der Waals surface area contributed by atoms with Gasteiger partial charge in [0.05, 0.1) is 16.2 Å². The highest BCUT2D eigenvalue weighted by atomic mass is 32.2. The summed E-state index contributed by atoms with van der Waals surface area (Å²) in [5.74, 6) is -1.50. The highest BCUT2D eigenvalue weighted by Gasteiger charge is 2.20. The summed E-state index contributed by atoms with van der Waals surface area (Å²) >= 11 is 0. The minimum Gasteiger partial charge on any atom is -0.319 e. The highest BCUT2D eigenvalue weighted by Crippen LogP contribution is 2.23. The SMILES string of the molecule is O=C(NS(=O)(=O)c1ccc(F)cc1)c1cc2c(=O)[nH]c(-c3ccc4ccccc4c3)cn2c1. The first-order chi connectivity index (χ1) is 15.8. The van der Waals surface area contributed by atoms with Crippen LogP contribution in [0.2, 0.25) is 0 Å². The molecule has 164 valence electrons. The second-order valence-electron chi connectivity index (χ2n) is 7.47. The Morgan fingerprint density at radius 2 is 1.64 bits per heavy atom. The molecule has 0 spiro atoms. The zero-order valence-corrected chi connectivity index (χ0v) is 17.8. The molecular formula is C24H16FN3O4S. The number of nitrogens with one attached hydrogen (secondary N) is 2. The third-order valence-electron chi connectivity index (χ3n) is 5.27. The fourth-order valence-corrected chi connectivity index (χ4v) is 4.58. The van der Waals surface area contributed by atoms with Gasteiger partial charge in [0, 0.05) is 18.0 Å². The second-order valence-corrected chi connectivity index (χ2v) is 9.15. The Balaban J connectivity index is 1.49. The lowest BCUT2D eigenvalue weighted by Crippen LogP contribution is -2.30. The summed E-state index contributed by atoms with van der Waals surface area (Å²) in [5.41, 5.74) is 1.07. The molecule has 5 aromatic rings. The number of nitrogens with zero attached hydrogens (tertiary/aromatic N) is 1. The van der Waals surface area contributed by atoms with Gasteiger partial charge in [0.15, 0.2) is 0 Å². The van der Waals surface area contributed by atoms with Gasteiger partial charge in [0.25, 0.3) is 21.5 Å². The van der Waals surface area contributed by atoms with Gasteiger partial charge in [-0.3, -0.25) is 9.59 Å². The van der Waals surface area contributed by atoms with Crippen LogP contribution >= 0.6 is 0 Å². The lowest BCUT2D eigenvalue weighted by atomic mass is 10.1. The Bertz CT molecular complexity index is 1700. The van der Waals surface area contributed by atoms with Crippen molar-refractivity contribution < 1.29 is 17.6 Å². The van der Waals surface area contributed by atoms with E-state index in [0.29, 0.717) is 5.69 Å². The van der Waals surface area contributed by atoms with Crippen molar-refractivity contribution in [1.29, 1.82) is 0 Å². The van der Waals surface area contributed by atoms with Crippen LogP contribution in [-0.4, -0.2) is 23.7 Å². The van der Waals surface area contributed by atoms with Crippen LogP contribution in [0.4, 0.5) is 4.39 Å². The summed E-state index contributed by atoms with van der Waals surface area (Å²) < 4.78 is 41.3. The van der Waals surface area contributed by atoms with Crippen LogP contribution in [-0.2, 0) is 10.0 Å². The van der Waals surface area contributed by atoms with Gasteiger partial charge >= 0.3 is 0 Å². The van der Waals surface area contributed by atoms with Gasteiger partial charge in [-0.1, -0.05) is 36.4 Å². The van der Waals surface area contributed by atoms with Gasteiger partial charge in [-0.05, 0) is 47.2 Å². The third-order valence-corrected chi connectivity index (χ3v) is 6.62. The highest BCUT2D eigenvalue weighted by molar-refractivity contribution is 7.90. The number of rotatable bonds is 4. The molecule has 1 amide bonds. The van der Waals surface area contributed by atoms with E-state index in [9.17, 15) is 22.4 Å². The van der Waals surface area contributed by atoms with Crippen LogP contribution < -0.4 is 10.3 Å². The number of carbonyl (C=O) groups is 1. The van der Waals surface area contributed by atoms with E-state index >= 15 is 0 Å². The Hall–Kier alpha value is -4.24. The average Bonchev–Trinajstić information content (AvgIpc) is 3.24. The van der Waals surface area contributed by atoms with E-state index in [-0.39, 0.29) is 16.0 Å². The van der Waals surface area contributed by atoms with Crippen LogP contribution in [0.3, 0.4) is 0 Å². The number of H-pyrrole nitrogens is 1. The maximum Gasteiger partial charge on any atom is 0.272 e. The predicted octanol–water partition coefficient (Wildman–Crippen LogP) is 3.71. The standard InChI is InChI=1S/C24H16FN3O4S/c25-19-7-9-20(10-8-19)33(31,32)27-23(29)18-12-22-24(30)26-21(14-28(22)13-18)17-6-5-15-3-1-2-4-16(15)11-17/h1-14H,(H,26,30)(H,27,29). The minimum atomic E-state index is -4.21. The molecule has 0 unspecified atom stereocenters. The van der Waals surface area contributed by atoms with Crippen molar-refractivity contribution in [3.63, 3.8) is 0 Å². The third kappa shape index (κ3) is 3.90. The van der Waals surface area contributed by atoms with Gasteiger partial charge in [0.1, 0.15) is 11.3 Å². The number of hydrogen-bond donors (Lipinski definition) is 2. The van der Waals surface area contributed by atoms with Crippen LogP contribution in [0.5, 0.6) is 0 Å². The van der Waals surface area contributed by atoms with Crippen molar-refractivity contribution in [1.82, 2.24) is 14.1 Å². The first-order valence-corrected chi connectivity index (χ1v) is 11.4. The first kappa shape index (κ1) is 20.7. The smallest absolute Gasteiger partial charge is 0.272 e. The molecule has 0 radical (unpaired) electrons. The van der Waals surface area contributed by atoms with Crippen molar-refractivity contribution in [2.75, 3.05) is 0 Å². The lowest BCUT2D eigenvalue weighted by Gasteiger charge is -2.06. The van der Waals surface area contributed by atoms with E-state index < -0.39 is 27.3 Å². The molecule has 0 aliphatic heterocycles. The predicted molar refractivity (Wildman–Crippen MR) is 122 cm³/mol. The summed E-state index contributed by atoms with van der Waals surface area (Å²) in [6.45, 7) is 0. The van der Waals surface area contributed by atoms with E-state index in [2.05, 4.69) is 4.98 Å². The molecule has 0 fully saturated rings. The van der Waals surface area contributed by atoms with Crippen molar-refractivity contribution in [2.45, 2.75) is 4.90 Å². The largest absolute Gasteiger partial charge is 0.319 e. The summed E-state index contributed by atoms with van der Waals surface area (Å²) in [4.78, 5) is 27.8. The van der Waals surface area contributed by atoms with Gasteiger partial charge in [-0.25, -0.2) is 17.5 Å². The molecule has 7 nitrogen and oxygen atoms in total. The minimum absolute atomic E-state index is 0.0122. The number of benzene rings is 3. The van der Waals surface area contributed by atoms with Crippen molar-refractivity contribution in [3.8, 4) is 11.3 Å². The molecular weight excluding hydrogens is 445 g/mol. The average molecular weight is 461 g/mol. The number of amides is 1. The summed E-state index contributed by atoms with van der Waals surface area (Å²) in [5, 5.41) is 2.07. The first-order valence-electron chi connectivity index (χ1n) is 9.87. The summed E-state index contributed by atoms with van der Waals surface area (Å²) in [7, 11) is -4.21. The molecule has 0 saturated heterocycles. The fourth-order valence-electron chi connectivity index (χ4n) is 3.61. The molecule has 2 aromatic heterocycles. The zero-order valence-electron chi connectivity index (χ0n) is 16.9. The molecule has 0 bridgehead atoms. The molecule has 3 aromatic carbocycles. The van der Waals surface area contributed by atoms with Gasteiger partial charge in [-0.15, -0.1) is 0 Å². The Morgan fingerprint density at radius 1 is 0.909 bits per heavy atom. The van der Waals surface area contributed by atoms with Crippen LogP contribution in [0, 0.1) is 5.82 Å². The summed E-state index contributed by atoms with van der Waals surface area (Å²) in [6.07, 6.45) is 3.04. The number of aromatic amines is 1. The van der Waals surface area contributed by atoms with Gasteiger partial charge < -0.3 is 9.38 Å². The number of halogens is 1. The fraction of sp³-hybridized carbons (Fsp3) is 0. The normalized spacial score (nSPS) is 11.7. The number of hydrogen-bond acceptors (Lipinski definition) is 4. The lowest BCUT2D eigenvalue weighted by molar-refractivity contribution is 0.0981. The quantitative estimate of drug-likeness (QED) is 0.426. The maximum absolute atomic E-state index is 13.1. The molecule has 0 aliphatic rings. The topological polar surface area (TPSA) is 101 Å². The molecule has 0 saturated carbocycles. The van der Waals surface area contributed by atoms with Crippen molar-refractivity contribution in [2.24, 2.45) is 0 Å². The van der Waals surface area contributed by atoms with E-state index in [1.54, 1.807) is 6.20 Å². The molecule has 33 heavy (non-hydrogen) atoms. The van der Waals surface area contributed by atoms with Crippen LogP contribution in [0.1, 0.15) is 10.4 Å². The number of fused-ring (bicyclic) bond motifs is 2.